The quantitative estimate of drug-likeness (QED) is 0.610. The molecule has 5 nitrogen and oxygen atoms in total. The Bertz CT molecular complexity index is 897. The summed E-state index contributed by atoms with van der Waals surface area (Å²) < 4.78 is 6.12. The maximum absolute atomic E-state index is 13.0. The highest BCUT2D eigenvalue weighted by Gasteiger charge is 2.43. The minimum atomic E-state index is -0.823. The van der Waals surface area contributed by atoms with Gasteiger partial charge in [0, 0.05) is 44.9 Å². The van der Waals surface area contributed by atoms with E-state index in [2.05, 4.69) is 22.3 Å². The minimum Gasteiger partial charge on any atom is -0.511 e. The van der Waals surface area contributed by atoms with Crippen LogP contribution < -0.4 is 5.32 Å². The Labute approximate surface area is 188 Å². The van der Waals surface area contributed by atoms with E-state index < -0.39 is 11.6 Å². The van der Waals surface area contributed by atoms with Crippen molar-refractivity contribution in [2.75, 3.05) is 38.5 Å². The van der Waals surface area contributed by atoms with E-state index in [0.717, 1.165) is 50.5 Å². The van der Waals surface area contributed by atoms with Crippen LogP contribution in [0.5, 0.6) is 0 Å². The summed E-state index contributed by atoms with van der Waals surface area (Å²) in [4.78, 5) is 15.7. The van der Waals surface area contributed by atoms with Crippen LogP contribution in [0.1, 0.15) is 24.0 Å². The Morgan fingerprint density at radius 3 is 2.39 bits per heavy atom. The van der Waals surface area contributed by atoms with Crippen LogP contribution in [-0.2, 0) is 21.6 Å². The molecule has 2 aromatic carbocycles. The first kappa shape index (κ1) is 21.9. The number of cyclic esters (lactones) is 1. The number of benzene rings is 2. The van der Waals surface area contributed by atoms with Crippen molar-refractivity contribution in [3.63, 3.8) is 0 Å². The van der Waals surface area contributed by atoms with Crippen LogP contribution in [0.25, 0.3) is 0 Å². The first-order valence-electron chi connectivity index (χ1n) is 11.0. The van der Waals surface area contributed by atoms with Crippen LogP contribution in [-0.4, -0.2) is 54.5 Å². The van der Waals surface area contributed by atoms with Crippen molar-refractivity contribution in [3.8, 4) is 0 Å². The first-order chi connectivity index (χ1) is 15.2. The zero-order valence-electron chi connectivity index (χ0n) is 17.8. The highest BCUT2D eigenvalue weighted by atomic mass is 32.2. The number of esters is 1. The summed E-state index contributed by atoms with van der Waals surface area (Å²) in [7, 11) is 0. The van der Waals surface area contributed by atoms with Crippen molar-refractivity contribution in [2.24, 2.45) is 0 Å². The largest absolute Gasteiger partial charge is 0.511 e. The van der Waals surface area contributed by atoms with Gasteiger partial charge in [0.2, 0.25) is 0 Å². The SMILES string of the molecule is O=C1OC(CCN2CCNCC2)(c2ccccc2)CC(O)=C1SCCc1ccccc1. The number of carbonyl (C=O) groups excluding carboxylic acids is 1. The number of hydrogen-bond donors (Lipinski definition) is 2. The molecular formula is C25H30N2O3S. The first-order valence-corrected chi connectivity index (χ1v) is 12.0. The molecule has 2 N–H and O–H groups in total. The van der Waals surface area contributed by atoms with Gasteiger partial charge in [-0.05, 0) is 17.5 Å². The van der Waals surface area contributed by atoms with Crippen LogP contribution in [0.15, 0.2) is 71.3 Å². The van der Waals surface area contributed by atoms with E-state index in [9.17, 15) is 9.90 Å². The monoisotopic (exact) mass is 438 g/mol. The molecule has 1 fully saturated rings. The second kappa shape index (κ2) is 10.4. The van der Waals surface area contributed by atoms with E-state index in [1.165, 1.54) is 17.3 Å². The topological polar surface area (TPSA) is 61.8 Å². The molecule has 2 aliphatic heterocycles. The summed E-state index contributed by atoms with van der Waals surface area (Å²) in [6.45, 7) is 4.76. The molecule has 0 radical (unpaired) electrons. The maximum atomic E-state index is 13.0. The number of ether oxygens (including phenoxy) is 1. The Morgan fingerprint density at radius 2 is 1.71 bits per heavy atom. The van der Waals surface area contributed by atoms with Crippen molar-refractivity contribution in [1.29, 1.82) is 0 Å². The molecule has 1 saturated heterocycles. The molecule has 164 valence electrons. The minimum absolute atomic E-state index is 0.151. The van der Waals surface area contributed by atoms with E-state index in [0.29, 0.717) is 17.7 Å². The molecular weight excluding hydrogens is 408 g/mol. The highest BCUT2D eigenvalue weighted by Crippen LogP contribution is 2.43. The molecule has 0 aromatic heterocycles. The summed E-state index contributed by atoms with van der Waals surface area (Å²) in [5.41, 5.74) is 1.34. The number of rotatable bonds is 8. The molecule has 0 saturated carbocycles. The number of piperazine rings is 1. The number of nitrogens with one attached hydrogen (secondary N) is 1. The van der Waals surface area contributed by atoms with Crippen molar-refractivity contribution in [3.05, 3.63) is 82.5 Å². The number of aliphatic hydroxyl groups excluding tert-OH is 1. The van der Waals surface area contributed by atoms with Crippen molar-refractivity contribution in [2.45, 2.75) is 24.9 Å². The molecule has 1 atom stereocenters. The average molecular weight is 439 g/mol. The Kier molecular flexibility index (Phi) is 7.33. The molecule has 31 heavy (non-hydrogen) atoms. The number of hydrogen-bond acceptors (Lipinski definition) is 6. The third-order valence-electron chi connectivity index (χ3n) is 6.01. The number of carbonyl (C=O) groups is 1. The number of aryl methyl sites for hydroxylation is 1. The van der Waals surface area contributed by atoms with Gasteiger partial charge in [0.05, 0.1) is 6.42 Å². The lowest BCUT2D eigenvalue weighted by molar-refractivity contribution is -0.160. The third kappa shape index (κ3) is 5.50. The van der Waals surface area contributed by atoms with Crippen molar-refractivity contribution >= 4 is 17.7 Å². The summed E-state index contributed by atoms with van der Waals surface area (Å²) in [5, 5.41) is 14.3. The average Bonchev–Trinajstić information content (AvgIpc) is 2.81. The lowest BCUT2D eigenvalue weighted by atomic mass is 9.84. The summed E-state index contributed by atoms with van der Waals surface area (Å²) >= 11 is 1.39. The zero-order chi connectivity index (χ0) is 21.5. The molecule has 1 unspecified atom stereocenters. The van der Waals surface area contributed by atoms with Gasteiger partial charge >= 0.3 is 5.97 Å². The van der Waals surface area contributed by atoms with Crippen LogP contribution >= 0.6 is 11.8 Å². The Hall–Kier alpha value is -2.28. The molecule has 0 aliphatic carbocycles. The second-order valence-corrected chi connectivity index (χ2v) is 9.23. The Morgan fingerprint density at radius 1 is 1.03 bits per heavy atom. The van der Waals surface area contributed by atoms with Crippen molar-refractivity contribution < 1.29 is 14.6 Å². The summed E-state index contributed by atoms with van der Waals surface area (Å²) in [6, 6.07) is 20.0. The molecule has 4 rings (SSSR count). The van der Waals surface area contributed by atoms with Crippen LogP contribution in [0, 0.1) is 0 Å². The molecule has 6 heteroatoms. The van der Waals surface area contributed by atoms with Gasteiger partial charge in [0.1, 0.15) is 16.3 Å². The van der Waals surface area contributed by atoms with E-state index in [4.69, 9.17) is 4.74 Å². The molecule has 2 aliphatic rings. The van der Waals surface area contributed by atoms with Crippen LogP contribution in [0.2, 0.25) is 0 Å². The fourth-order valence-corrected chi connectivity index (χ4v) is 5.19. The van der Waals surface area contributed by atoms with Gasteiger partial charge in [-0.15, -0.1) is 11.8 Å². The van der Waals surface area contributed by atoms with E-state index >= 15 is 0 Å². The molecule has 2 heterocycles. The molecule has 0 spiro atoms. The number of aliphatic hydroxyl groups is 1. The normalized spacial score (nSPS) is 22.4. The van der Waals surface area contributed by atoms with Crippen LogP contribution in [0.4, 0.5) is 0 Å². The fraction of sp³-hybridized carbons (Fsp3) is 0.400. The standard InChI is InChI=1S/C25H30N2O3S/c28-22-19-25(21-9-5-2-6-10-21,12-15-27-16-13-26-14-17-27)30-24(29)23(22)31-18-11-20-7-3-1-4-8-20/h1-10,26,28H,11-19H2. The van der Waals surface area contributed by atoms with E-state index in [-0.39, 0.29) is 5.76 Å². The summed E-state index contributed by atoms with van der Waals surface area (Å²) in [5.74, 6) is 0.460. The molecule has 2 aromatic rings. The van der Waals surface area contributed by atoms with Gasteiger partial charge < -0.3 is 20.1 Å². The van der Waals surface area contributed by atoms with E-state index in [1.54, 1.807) is 0 Å². The lowest BCUT2D eigenvalue weighted by Crippen LogP contribution is -2.46. The summed E-state index contributed by atoms with van der Waals surface area (Å²) in [6.07, 6.45) is 1.82. The Balaban J connectivity index is 1.48. The third-order valence-corrected chi connectivity index (χ3v) is 7.11. The zero-order valence-corrected chi connectivity index (χ0v) is 18.6. The van der Waals surface area contributed by atoms with Gasteiger partial charge in [-0.2, -0.15) is 0 Å². The molecule has 0 bridgehead atoms. The highest BCUT2D eigenvalue weighted by molar-refractivity contribution is 8.04. The maximum Gasteiger partial charge on any atom is 0.348 e. The smallest absolute Gasteiger partial charge is 0.348 e. The van der Waals surface area contributed by atoms with Gasteiger partial charge in [0.15, 0.2) is 0 Å². The number of thioether (sulfide) groups is 1. The predicted octanol–water partition coefficient (Wildman–Crippen LogP) is 3.87. The van der Waals surface area contributed by atoms with E-state index in [1.807, 2.05) is 48.5 Å². The van der Waals surface area contributed by atoms with Gasteiger partial charge in [-0.3, -0.25) is 0 Å². The lowest BCUT2D eigenvalue weighted by Gasteiger charge is -2.39. The van der Waals surface area contributed by atoms with Gasteiger partial charge in [0.25, 0.3) is 0 Å². The van der Waals surface area contributed by atoms with Crippen molar-refractivity contribution in [1.82, 2.24) is 10.2 Å². The van der Waals surface area contributed by atoms with Gasteiger partial charge in [-0.25, -0.2) is 4.79 Å². The molecule has 0 amide bonds. The predicted molar refractivity (Wildman–Crippen MR) is 125 cm³/mol. The number of nitrogens with zero attached hydrogens (tertiary/aromatic N) is 1. The van der Waals surface area contributed by atoms with Gasteiger partial charge in [-0.1, -0.05) is 60.7 Å². The van der Waals surface area contributed by atoms with Crippen LogP contribution in [0.3, 0.4) is 0 Å². The second-order valence-electron chi connectivity index (χ2n) is 8.13. The fourth-order valence-electron chi connectivity index (χ4n) is 4.25.